The van der Waals surface area contributed by atoms with Crippen molar-refractivity contribution in [2.75, 3.05) is 39.8 Å². The van der Waals surface area contributed by atoms with Gasteiger partial charge in [0.2, 0.25) is 0 Å². The summed E-state index contributed by atoms with van der Waals surface area (Å²) < 4.78 is 11.7. The Morgan fingerprint density at radius 2 is 1.94 bits per heavy atom. The third-order valence-electron chi connectivity index (χ3n) is 5.67. The van der Waals surface area contributed by atoms with Crippen LogP contribution < -0.4 is 9.47 Å². The van der Waals surface area contributed by atoms with Gasteiger partial charge in [-0.2, -0.15) is 5.21 Å². The van der Waals surface area contributed by atoms with Gasteiger partial charge >= 0.3 is 0 Å². The van der Waals surface area contributed by atoms with E-state index >= 15 is 0 Å². The van der Waals surface area contributed by atoms with Crippen LogP contribution in [0.15, 0.2) is 47.5 Å². The van der Waals surface area contributed by atoms with Crippen LogP contribution in [0.4, 0.5) is 5.69 Å². The Morgan fingerprint density at radius 3 is 2.74 bits per heavy atom. The average Bonchev–Trinajstić information content (AvgIpc) is 3.27. The number of hydrogen-bond acceptors (Lipinski definition) is 8. The highest BCUT2D eigenvalue weighted by molar-refractivity contribution is 6.04. The number of ether oxygens (including phenoxy) is 2. The van der Waals surface area contributed by atoms with Gasteiger partial charge in [-0.15, -0.1) is 10.2 Å². The predicted molar refractivity (Wildman–Crippen MR) is 116 cm³/mol. The summed E-state index contributed by atoms with van der Waals surface area (Å²) in [6.07, 6.45) is 1.85. The van der Waals surface area contributed by atoms with Gasteiger partial charge in [-0.05, 0) is 43.3 Å². The molecule has 3 aromatic rings. The monoisotopic (exact) mass is 419 g/mol. The zero-order chi connectivity index (χ0) is 21.0. The number of nitrogens with zero attached hydrogens (tertiary/aromatic N) is 6. The Kier molecular flexibility index (Phi) is 5.49. The lowest BCUT2D eigenvalue weighted by Gasteiger charge is -2.36. The summed E-state index contributed by atoms with van der Waals surface area (Å²) in [4.78, 5) is 9.84. The molecule has 31 heavy (non-hydrogen) atoms. The lowest BCUT2D eigenvalue weighted by atomic mass is 10.1. The van der Waals surface area contributed by atoms with E-state index in [1.807, 2.05) is 42.5 Å². The van der Waals surface area contributed by atoms with Crippen molar-refractivity contribution in [1.82, 2.24) is 30.4 Å². The van der Waals surface area contributed by atoms with Crippen LogP contribution in [0.5, 0.6) is 17.2 Å². The van der Waals surface area contributed by atoms with Gasteiger partial charge < -0.3 is 14.4 Å². The molecular formula is C22H25N7O2. The Hall–Kier alpha value is -3.46. The number of nitrogens with one attached hydrogen (secondary N) is 1. The standard InChI is InChI=1S/C22H25N7O2/c1-30-16-8-9-19-17(15-16)22(23-18-5-2-3-6-20(18)31-19)29-13-11-28(12-14-29)10-4-7-21-24-26-27-25-21/h2-3,5-6,8-9,15H,4,7,10-14H2,1H3,(H,24,25,26,27). The Labute approximate surface area is 180 Å². The molecule has 1 aromatic heterocycles. The molecule has 1 fully saturated rings. The number of rotatable bonds is 5. The number of hydrogen-bond donors (Lipinski definition) is 1. The van der Waals surface area contributed by atoms with Gasteiger partial charge in [0, 0.05) is 32.6 Å². The summed E-state index contributed by atoms with van der Waals surface area (Å²) >= 11 is 0. The molecule has 0 bridgehead atoms. The number of aromatic nitrogens is 4. The smallest absolute Gasteiger partial charge is 0.174 e. The highest BCUT2D eigenvalue weighted by atomic mass is 16.5. The van der Waals surface area contributed by atoms with Crippen LogP contribution in [-0.4, -0.2) is 76.1 Å². The second-order valence-electron chi connectivity index (χ2n) is 7.63. The lowest BCUT2D eigenvalue weighted by Crippen LogP contribution is -2.49. The average molecular weight is 419 g/mol. The topological polar surface area (TPSA) is 91.8 Å². The van der Waals surface area contributed by atoms with E-state index in [4.69, 9.17) is 14.5 Å². The summed E-state index contributed by atoms with van der Waals surface area (Å²) in [5.41, 5.74) is 1.80. The van der Waals surface area contributed by atoms with E-state index in [1.165, 1.54) is 0 Å². The van der Waals surface area contributed by atoms with Gasteiger partial charge in [-0.25, -0.2) is 4.99 Å². The van der Waals surface area contributed by atoms with Crippen LogP contribution in [0, 0.1) is 0 Å². The van der Waals surface area contributed by atoms with Gasteiger partial charge in [0.15, 0.2) is 11.6 Å². The minimum Gasteiger partial charge on any atom is -0.497 e. The maximum atomic E-state index is 6.21. The molecule has 3 heterocycles. The molecule has 9 heteroatoms. The Balaban J connectivity index is 1.32. The number of para-hydroxylation sites is 2. The fraction of sp³-hybridized carbons (Fsp3) is 0.364. The summed E-state index contributed by atoms with van der Waals surface area (Å²) in [6, 6.07) is 13.8. The third kappa shape index (κ3) is 4.22. The van der Waals surface area contributed by atoms with E-state index in [9.17, 15) is 0 Å². The Bertz CT molecular complexity index is 1060. The summed E-state index contributed by atoms with van der Waals surface area (Å²) in [5, 5.41) is 14.2. The number of fused-ring (bicyclic) bond motifs is 2. The second kappa shape index (κ2) is 8.73. The second-order valence-corrected chi connectivity index (χ2v) is 7.63. The SMILES string of the molecule is COc1ccc2c(c1)C(N1CCN(CCCc3nn[nH]n3)CC1)=Nc1ccccc1O2. The fourth-order valence-electron chi connectivity index (χ4n) is 4.00. The first-order valence-electron chi connectivity index (χ1n) is 10.5. The van der Waals surface area contributed by atoms with Gasteiger partial charge in [0.1, 0.15) is 23.0 Å². The van der Waals surface area contributed by atoms with Crippen molar-refractivity contribution in [3.8, 4) is 17.2 Å². The first-order chi connectivity index (χ1) is 15.3. The van der Waals surface area contributed by atoms with E-state index in [0.717, 1.165) is 85.7 Å². The van der Waals surface area contributed by atoms with Crippen molar-refractivity contribution in [3.63, 3.8) is 0 Å². The van der Waals surface area contributed by atoms with Crippen LogP contribution in [0.2, 0.25) is 0 Å². The molecular weight excluding hydrogens is 394 g/mol. The van der Waals surface area contributed by atoms with Crippen LogP contribution in [0.25, 0.3) is 0 Å². The summed E-state index contributed by atoms with van der Waals surface area (Å²) in [5.74, 6) is 4.07. The fourth-order valence-corrected chi connectivity index (χ4v) is 4.00. The largest absolute Gasteiger partial charge is 0.497 e. The maximum Gasteiger partial charge on any atom is 0.174 e. The van der Waals surface area contributed by atoms with Gasteiger partial charge in [-0.3, -0.25) is 4.90 Å². The zero-order valence-electron chi connectivity index (χ0n) is 17.5. The lowest BCUT2D eigenvalue weighted by molar-refractivity contribution is 0.180. The molecule has 0 atom stereocenters. The Morgan fingerprint density at radius 1 is 1.06 bits per heavy atom. The summed E-state index contributed by atoms with van der Waals surface area (Å²) in [6.45, 7) is 4.78. The van der Waals surface area contributed by atoms with Crippen molar-refractivity contribution < 1.29 is 9.47 Å². The van der Waals surface area contributed by atoms with Gasteiger partial charge in [0.25, 0.3) is 0 Å². The molecule has 0 aliphatic carbocycles. The maximum absolute atomic E-state index is 6.21. The highest BCUT2D eigenvalue weighted by Crippen LogP contribution is 2.39. The molecule has 1 saturated heterocycles. The number of H-pyrrole nitrogens is 1. The first kappa shape index (κ1) is 19.5. The van der Waals surface area contributed by atoms with Gasteiger partial charge in [-0.1, -0.05) is 17.3 Å². The van der Waals surface area contributed by atoms with Crippen molar-refractivity contribution in [3.05, 3.63) is 53.9 Å². The number of benzene rings is 2. The number of aromatic amines is 1. The van der Waals surface area contributed by atoms with Crippen LogP contribution in [0.3, 0.4) is 0 Å². The first-order valence-corrected chi connectivity index (χ1v) is 10.5. The molecule has 0 amide bonds. The van der Waals surface area contributed by atoms with Crippen molar-refractivity contribution in [2.45, 2.75) is 12.8 Å². The van der Waals surface area contributed by atoms with Crippen LogP contribution >= 0.6 is 0 Å². The summed E-state index contributed by atoms with van der Waals surface area (Å²) in [7, 11) is 1.68. The minimum absolute atomic E-state index is 0.768. The van der Waals surface area contributed by atoms with Gasteiger partial charge in [0.05, 0.1) is 12.7 Å². The van der Waals surface area contributed by atoms with E-state index in [-0.39, 0.29) is 0 Å². The molecule has 2 aliphatic rings. The molecule has 0 radical (unpaired) electrons. The number of methoxy groups -OCH3 is 1. The van der Waals surface area contributed by atoms with Crippen molar-refractivity contribution >= 4 is 11.5 Å². The van der Waals surface area contributed by atoms with Crippen molar-refractivity contribution in [2.24, 2.45) is 4.99 Å². The zero-order valence-corrected chi connectivity index (χ0v) is 17.5. The molecule has 2 aromatic carbocycles. The predicted octanol–water partition coefficient (Wildman–Crippen LogP) is 2.64. The van der Waals surface area contributed by atoms with E-state index in [0.29, 0.717) is 0 Å². The van der Waals surface area contributed by atoms with E-state index in [2.05, 4.69) is 30.4 Å². The molecule has 1 N–H and O–H groups in total. The molecule has 5 rings (SSSR count). The van der Waals surface area contributed by atoms with E-state index < -0.39 is 0 Å². The molecule has 160 valence electrons. The number of aliphatic imine (C=N–C) groups is 1. The number of piperazine rings is 1. The molecule has 9 nitrogen and oxygen atoms in total. The van der Waals surface area contributed by atoms with Crippen LogP contribution in [-0.2, 0) is 6.42 Å². The normalized spacial score (nSPS) is 16.0. The highest BCUT2D eigenvalue weighted by Gasteiger charge is 2.26. The quantitative estimate of drug-likeness (QED) is 0.680. The van der Waals surface area contributed by atoms with Crippen LogP contribution in [0.1, 0.15) is 17.8 Å². The third-order valence-corrected chi connectivity index (χ3v) is 5.67. The van der Waals surface area contributed by atoms with Crippen molar-refractivity contribution in [1.29, 1.82) is 0 Å². The number of amidine groups is 1. The number of tetrazole rings is 1. The molecule has 0 spiro atoms. The molecule has 0 unspecified atom stereocenters. The molecule has 2 aliphatic heterocycles. The van der Waals surface area contributed by atoms with E-state index in [1.54, 1.807) is 7.11 Å². The number of aryl methyl sites for hydroxylation is 1. The minimum atomic E-state index is 0.768. The molecule has 0 saturated carbocycles.